The molecule has 0 heterocycles. The summed E-state index contributed by atoms with van der Waals surface area (Å²) >= 11 is 0. The molecule has 0 saturated heterocycles. The molecule has 5 heteroatoms. The quantitative estimate of drug-likeness (QED) is 0.617. The van der Waals surface area contributed by atoms with Gasteiger partial charge in [0.1, 0.15) is 0 Å². The highest BCUT2D eigenvalue weighted by Crippen LogP contribution is 2.25. The molecule has 1 saturated carbocycles. The van der Waals surface area contributed by atoms with Gasteiger partial charge < -0.3 is 16.2 Å². The molecule has 0 radical (unpaired) electrons. The summed E-state index contributed by atoms with van der Waals surface area (Å²) in [5, 5.41) is 11.2. The van der Waals surface area contributed by atoms with Gasteiger partial charge in [-0.05, 0) is 25.7 Å². The number of carbonyl (C=O) groups excluding carboxylic acids is 1. The summed E-state index contributed by atoms with van der Waals surface area (Å²) in [6.07, 6.45) is 8.75. The van der Waals surface area contributed by atoms with Gasteiger partial charge in [0.15, 0.2) is 0 Å². The van der Waals surface area contributed by atoms with Crippen molar-refractivity contribution >= 4 is 11.9 Å². The Bertz CT molecular complexity index is 322. The minimum atomic E-state index is -1.06. The van der Waals surface area contributed by atoms with Crippen LogP contribution in [0.5, 0.6) is 0 Å². The third-order valence-electron chi connectivity index (χ3n) is 3.17. The highest BCUT2D eigenvalue weighted by molar-refractivity contribution is 5.86. The summed E-state index contributed by atoms with van der Waals surface area (Å²) in [6.45, 7) is 1.86. The Labute approximate surface area is 107 Å². The van der Waals surface area contributed by atoms with Gasteiger partial charge in [-0.3, -0.25) is 9.59 Å². The molecule has 1 aliphatic rings. The smallest absolute Gasteiger partial charge is 0.305 e. The topological polar surface area (TPSA) is 92.4 Å². The number of hydrogen-bond acceptors (Lipinski definition) is 3. The van der Waals surface area contributed by atoms with Crippen LogP contribution < -0.4 is 11.1 Å². The number of amides is 1. The van der Waals surface area contributed by atoms with Crippen LogP contribution in [0.2, 0.25) is 0 Å². The average molecular weight is 254 g/mol. The van der Waals surface area contributed by atoms with Gasteiger partial charge in [0, 0.05) is 6.04 Å². The molecule has 1 rings (SSSR count). The van der Waals surface area contributed by atoms with Crippen molar-refractivity contribution in [3.63, 3.8) is 0 Å². The Hall–Kier alpha value is -1.36. The van der Waals surface area contributed by atoms with Gasteiger partial charge in [-0.15, -0.1) is 0 Å². The fourth-order valence-electron chi connectivity index (χ4n) is 2.13. The van der Waals surface area contributed by atoms with E-state index in [9.17, 15) is 9.59 Å². The third-order valence-corrected chi connectivity index (χ3v) is 3.17. The van der Waals surface area contributed by atoms with Crippen molar-refractivity contribution in [2.45, 2.75) is 51.1 Å². The van der Waals surface area contributed by atoms with Crippen LogP contribution in [0.4, 0.5) is 0 Å². The number of carbonyl (C=O) groups is 2. The summed E-state index contributed by atoms with van der Waals surface area (Å²) in [5.41, 5.74) is 5.47. The minimum Gasteiger partial charge on any atom is -0.481 e. The lowest BCUT2D eigenvalue weighted by Gasteiger charge is -2.14. The van der Waals surface area contributed by atoms with Gasteiger partial charge in [-0.25, -0.2) is 0 Å². The van der Waals surface area contributed by atoms with Gasteiger partial charge >= 0.3 is 5.97 Å². The maximum atomic E-state index is 11.6. The zero-order chi connectivity index (χ0) is 13.5. The van der Waals surface area contributed by atoms with E-state index in [0.717, 1.165) is 0 Å². The zero-order valence-corrected chi connectivity index (χ0v) is 10.8. The Morgan fingerprint density at radius 2 is 2.06 bits per heavy atom. The van der Waals surface area contributed by atoms with Gasteiger partial charge in [-0.2, -0.15) is 0 Å². The van der Waals surface area contributed by atoms with E-state index in [-0.39, 0.29) is 12.5 Å². The molecule has 0 spiro atoms. The monoisotopic (exact) mass is 254 g/mol. The number of aliphatic carboxylic acids is 1. The second-order valence-electron chi connectivity index (χ2n) is 4.93. The van der Waals surface area contributed by atoms with E-state index in [1.807, 2.05) is 13.0 Å². The van der Waals surface area contributed by atoms with Crippen molar-refractivity contribution in [2.24, 2.45) is 11.7 Å². The molecule has 1 aliphatic carbocycles. The third kappa shape index (κ3) is 5.31. The Morgan fingerprint density at radius 1 is 1.44 bits per heavy atom. The first-order valence-corrected chi connectivity index (χ1v) is 6.45. The Morgan fingerprint density at radius 3 is 2.61 bits per heavy atom. The normalized spacial score (nSPS) is 19.9. The zero-order valence-electron chi connectivity index (χ0n) is 10.8. The number of nitrogens with two attached hydrogens (primary N) is 1. The van der Waals surface area contributed by atoms with E-state index in [1.54, 1.807) is 0 Å². The average Bonchev–Trinajstić information content (AvgIpc) is 2.78. The standard InChI is InChI=1S/C13H22N2O3/c1-9(6-7-10-4-2-3-5-10)15-13(18)11(14)8-12(16)17/h6-7,9-11H,2-5,8,14H2,1H3,(H,15,18)(H,16,17)/b7-6+/t9?,11-/m0/s1. The number of allylic oxidation sites excluding steroid dienone is 1. The van der Waals surface area contributed by atoms with E-state index in [4.69, 9.17) is 10.8 Å². The predicted molar refractivity (Wildman–Crippen MR) is 68.9 cm³/mol. The van der Waals surface area contributed by atoms with E-state index in [0.29, 0.717) is 5.92 Å². The maximum Gasteiger partial charge on any atom is 0.305 e. The molecular weight excluding hydrogens is 232 g/mol. The van der Waals surface area contributed by atoms with Crippen LogP contribution >= 0.6 is 0 Å². The lowest BCUT2D eigenvalue weighted by molar-refractivity contribution is -0.139. The summed E-state index contributed by atoms with van der Waals surface area (Å²) in [5.74, 6) is -0.857. The number of hydrogen-bond donors (Lipinski definition) is 3. The van der Waals surface area contributed by atoms with E-state index >= 15 is 0 Å². The molecule has 102 valence electrons. The second kappa shape index (κ2) is 7.16. The van der Waals surface area contributed by atoms with Crippen LogP contribution in [-0.4, -0.2) is 29.1 Å². The molecule has 5 nitrogen and oxygen atoms in total. The lowest BCUT2D eigenvalue weighted by atomic mass is 10.1. The second-order valence-corrected chi connectivity index (χ2v) is 4.93. The first-order valence-electron chi connectivity index (χ1n) is 6.45. The van der Waals surface area contributed by atoms with Crippen molar-refractivity contribution in [1.82, 2.24) is 5.32 Å². The van der Waals surface area contributed by atoms with Crippen LogP contribution in [0, 0.1) is 5.92 Å². The summed E-state index contributed by atoms with van der Waals surface area (Å²) in [6, 6.07) is -1.09. The lowest BCUT2D eigenvalue weighted by Crippen LogP contribution is -2.44. The molecule has 18 heavy (non-hydrogen) atoms. The van der Waals surface area contributed by atoms with Crippen LogP contribution in [0.3, 0.4) is 0 Å². The van der Waals surface area contributed by atoms with E-state index < -0.39 is 17.9 Å². The molecule has 4 N–H and O–H groups in total. The fraction of sp³-hybridized carbons (Fsp3) is 0.692. The molecule has 0 aromatic heterocycles. The number of nitrogens with one attached hydrogen (secondary N) is 1. The summed E-state index contributed by atoms with van der Waals surface area (Å²) < 4.78 is 0. The molecule has 0 aliphatic heterocycles. The van der Waals surface area contributed by atoms with Crippen LogP contribution in [0.15, 0.2) is 12.2 Å². The van der Waals surface area contributed by atoms with E-state index in [2.05, 4.69) is 11.4 Å². The minimum absolute atomic E-state index is 0.113. The summed E-state index contributed by atoms with van der Waals surface area (Å²) in [4.78, 5) is 22.0. The highest BCUT2D eigenvalue weighted by atomic mass is 16.4. The van der Waals surface area contributed by atoms with Gasteiger partial charge in [0.2, 0.25) is 5.91 Å². The molecule has 1 amide bonds. The SMILES string of the molecule is CC(/C=C/C1CCCC1)NC(=O)[C@@H](N)CC(=O)O. The number of carboxylic acid groups (broad SMARTS) is 1. The predicted octanol–water partition coefficient (Wildman–Crippen LogP) is 1.04. The van der Waals surface area contributed by atoms with Crippen molar-refractivity contribution in [1.29, 1.82) is 0 Å². The molecule has 0 bridgehead atoms. The van der Waals surface area contributed by atoms with E-state index in [1.165, 1.54) is 25.7 Å². The van der Waals surface area contributed by atoms with Crippen molar-refractivity contribution in [3.8, 4) is 0 Å². The number of rotatable bonds is 6. The maximum absolute atomic E-state index is 11.6. The number of carboxylic acids is 1. The molecule has 0 aromatic carbocycles. The van der Waals surface area contributed by atoms with Crippen molar-refractivity contribution in [3.05, 3.63) is 12.2 Å². The Kier molecular flexibility index (Phi) is 5.85. The molecule has 1 fully saturated rings. The fourth-order valence-corrected chi connectivity index (χ4v) is 2.13. The Balaban J connectivity index is 2.31. The van der Waals surface area contributed by atoms with Crippen LogP contribution in [-0.2, 0) is 9.59 Å². The largest absolute Gasteiger partial charge is 0.481 e. The van der Waals surface area contributed by atoms with Crippen molar-refractivity contribution in [2.75, 3.05) is 0 Å². The van der Waals surface area contributed by atoms with Crippen LogP contribution in [0.25, 0.3) is 0 Å². The molecule has 2 atom stereocenters. The van der Waals surface area contributed by atoms with Crippen LogP contribution in [0.1, 0.15) is 39.0 Å². The first-order chi connectivity index (χ1) is 8.49. The van der Waals surface area contributed by atoms with Gasteiger partial charge in [0.25, 0.3) is 0 Å². The van der Waals surface area contributed by atoms with Gasteiger partial charge in [-0.1, -0.05) is 25.0 Å². The molecular formula is C13H22N2O3. The molecule has 0 aromatic rings. The summed E-state index contributed by atoms with van der Waals surface area (Å²) in [7, 11) is 0. The van der Waals surface area contributed by atoms with Gasteiger partial charge in [0.05, 0.1) is 12.5 Å². The first kappa shape index (κ1) is 14.7. The molecule has 1 unspecified atom stereocenters. The van der Waals surface area contributed by atoms with Crippen molar-refractivity contribution < 1.29 is 14.7 Å². The highest BCUT2D eigenvalue weighted by Gasteiger charge is 2.18.